The lowest BCUT2D eigenvalue weighted by molar-refractivity contribution is 0.0290. The van der Waals surface area contributed by atoms with Crippen molar-refractivity contribution in [3.8, 4) is 0 Å². The van der Waals surface area contributed by atoms with E-state index >= 15 is 0 Å². The van der Waals surface area contributed by atoms with Gasteiger partial charge in [-0.3, -0.25) is 0 Å². The number of nitrogens with zero attached hydrogens (tertiary/aromatic N) is 1. The van der Waals surface area contributed by atoms with Crippen LogP contribution in [0.5, 0.6) is 0 Å². The molecule has 0 aromatic heterocycles. The number of hydrogen-bond donors (Lipinski definition) is 1. The van der Waals surface area contributed by atoms with Gasteiger partial charge in [0, 0.05) is 25.2 Å². The number of amides is 1. The molecule has 1 amide bonds. The molecule has 1 saturated heterocycles. The predicted octanol–water partition coefficient (Wildman–Crippen LogP) is 2.38. The highest BCUT2D eigenvalue weighted by atomic mass is 16.6. The van der Waals surface area contributed by atoms with E-state index in [0.29, 0.717) is 12.1 Å². The molecular weight excluding hydrogens is 216 g/mol. The van der Waals surface area contributed by atoms with E-state index in [1.807, 2.05) is 20.8 Å². The Bertz CT molecular complexity index is 261. The highest BCUT2D eigenvalue weighted by molar-refractivity contribution is 5.68. The second-order valence-corrected chi connectivity index (χ2v) is 5.89. The fourth-order valence-electron chi connectivity index (χ4n) is 1.91. The summed E-state index contributed by atoms with van der Waals surface area (Å²) in [6.45, 7) is 11.6. The third kappa shape index (κ3) is 4.94. The molecule has 0 saturated carbocycles. The van der Waals surface area contributed by atoms with Gasteiger partial charge in [-0.25, -0.2) is 4.79 Å². The van der Waals surface area contributed by atoms with Crippen LogP contribution in [-0.4, -0.2) is 41.8 Å². The fraction of sp³-hybridized carbons (Fsp3) is 0.923. The van der Waals surface area contributed by atoms with E-state index in [4.69, 9.17) is 4.74 Å². The van der Waals surface area contributed by atoms with Crippen LogP contribution in [-0.2, 0) is 4.74 Å². The van der Waals surface area contributed by atoms with Gasteiger partial charge in [-0.2, -0.15) is 0 Å². The van der Waals surface area contributed by atoms with E-state index in [1.165, 1.54) is 0 Å². The van der Waals surface area contributed by atoms with Crippen LogP contribution in [0.25, 0.3) is 0 Å². The van der Waals surface area contributed by atoms with E-state index in [2.05, 4.69) is 19.2 Å². The minimum absolute atomic E-state index is 0.189. The maximum Gasteiger partial charge on any atom is 0.410 e. The maximum atomic E-state index is 11.8. The lowest BCUT2D eigenvalue weighted by Crippen LogP contribution is -2.40. The van der Waals surface area contributed by atoms with Gasteiger partial charge < -0.3 is 15.0 Å². The Labute approximate surface area is 105 Å². The van der Waals surface area contributed by atoms with Crippen molar-refractivity contribution in [3.05, 3.63) is 0 Å². The Kier molecular flexibility index (Phi) is 4.80. The molecule has 1 N–H and O–H groups in total. The predicted molar refractivity (Wildman–Crippen MR) is 69.1 cm³/mol. The summed E-state index contributed by atoms with van der Waals surface area (Å²) in [5, 5.41) is 3.53. The lowest BCUT2D eigenvalue weighted by Gasteiger charge is -2.25. The average molecular weight is 242 g/mol. The maximum absolute atomic E-state index is 11.8. The third-order valence-corrected chi connectivity index (χ3v) is 2.97. The summed E-state index contributed by atoms with van der Waals surface area (Å²) in [5.74, 6) is 0. The van der Waals surface area contributed by atoms with Gasteiger partial charge in [-0.1, -0.05) is 6.92 Å². The Balaban J connectivity index is 2.37. The van der Waals surface area contributed by atoms with Gasteiger partial charge >= 0.3 is 6.09 Å². The number of hydrogen-bond acceptors (Lipinski definition) is 3. The first kappa shape index (κ1) is 14.3. The summed E-state index contributed by atoms with van der Waals surface area (Å²) in [7, 11) is 0. The summed E-state index contributed by atoms with van der Waals surface area (Å²) >= 11 is 0. The van der Waals surface area contributed by atoms with Crippen LogP contribution in [0.2, 0.25) is 0 Å². The van der Waals surface area contributed by atoms with Crippen LogP contribution in [0.4, 0.5) is 4.79 Å². The summed E-state index contributed by atoms with van der Waals surface area (Å²) in [6, 6.07) is 0.927. The van der Waals surface area contributed by atoms with E-state index in [0.717, 1.165) is 25.9 Å². The lowest BCUT2D eigenvalue weighted by atomic mass is 10.2. The van der Waals surface area contributed by atoms with Gasteiger partial charge in [0.05, 0.1) is 0 Å². The smallest absolute Gasteiger partial charge is 0.410 e. The number of rotatable bonds is 3. The SMILES string of the molecule is CCC(C)NC1CCN(C(=O)OC(C)(C)C)C1. The van der Waals surface area contributed by atoms with Crippen molar-refractivity contribution in [2.75, 3.05) is 13.1 Å². The van der Waals surface area contributed by atoms with E-state index in [9.17, 15) is 4.79 Å². The van der Waals surface area contributed by atoms with Crippen molar-refractivity contribution in [2.24, 2.45) is 0 Å². The first-order valence-corrected chi connectivity index (χ1v) is 6.55. The molecule has 2 atom stereocenters. The summed E-state index contributed by atoms with van der Waals surface area (Å²) in [5.41, 5.74) is -0.403. The molecule has 0 spiro atoms. The van der Waals surface area contributed by atoms with Gasteiger partial charge in [-0.15, -0.1) is 0 Å². The molecule has 0 aromatic rings. The zero-order valence-electron chi connectivity index (χ0n) is 11.7. The van der Waals surface area contributed by atoms with Crippen LogP contribution in [0.3, 0.4) is 0 Å². The standard InChI is InChI=1S/C13H26N2O2/c1-6-10(2)14-11-7-8-15(9-11)12(16)17-13(3,4)5/h10-11,14H,6-9H2,1-5H3. The Morgan fingerprint density at radius 1 is 1.53 bits per heavy atom. The molecule has 1 aliphatic rings. The molecule has 0 bridgehead atoms. The van der Waals surface area contributed by atoms with Crippen molar-refractivity contribution in [2.45, 2.75) is 65.1 Å². The Morgan fingerprint density at radius 2 is 2.18 bits per heavy atom. The van der Waals surface area contributed by atoms with E-state index in [1.54, 1.807) is 4.90 Å². The molecule has 17 heavy (non-hydrogen) atoms. The zero-order chi connectivity index (χ0) is 13.1. The zero-order valence-corrected chi connectivity index (χ0v) is 11.7. The first-order chi connectivity index (χ1) is 7.81. The van der Waals surface area contributed by atoms with Gasteiger partial charge in [0.2, 0.25) is 0 Å². The topological polar surface area (TPSA) is 41.6 Å². The minimum atomic E-state index is -0.403. The molecule has 0 aliphatic carbocycles. The number of carbonyl (C=O) groups is 1. The van der Waals surface area contributed by atoms with E-state index < -0.39 is 5.60 Å². The van der Waals surface area contributed by atoms with Crippen molar-refractivity contribution in [3.63, 3.8) is 0 Å². The van der Waals surface area contributed by atoms with Gasteiger partial charge in [0.15, 0.2) is 0 Å². The molecule has 4 nitrogen and oxygen atoms in total. The largest absolute Gasteiger partial charge is 0.444 e. The van der Waals surface area contributed by atoms with Crippen LogP contribution in [0, 0.1) is 0 Å². The van der Waals surface area contributed by atoms with Crippen LogP contribution >= 0.6 is 0 Å². The summed E-state index contributed by atoms with van der Waals surface area (Å²) in [4.78, 5) is 13.6. The van der Waals surface area contributed by atoms with Crippen molar-refractivity contribution in [1.29, 1.82) is 0 Å². The molecule has 1 heterocycles. The normalized spacial score (nSPS) is 22.6. The highest BCUT2D eigenvalue weighted by Gasteiger charge is 2.29. The molecule has 0 aromatic carbocycles. The van der Waals surface area contributed by atoms with Crippen molar-refractivity contribution < 1.29 is 9.53 Å². The molecule has 1 rings (SSSR count). The minimum Gasteiger partial charge on any atom is -0.444 e. The summed E-state index contributed by atoms with van der Waals surface area (Å²) in [6.07, 6.45) is 1.94. The van der Waals surface area contributed by atoms with Crippen molar-refractivity contribution >= 4 is 6.09 Å². The molecule has 100 valence electrons. The number of ether oxygens (including phenoxy) is 1. The molecule has 1 aliphatic heterocycles. The first-order valence-electron chi connectivity index (χ1n) is 6.55. The van der Waals surface area contributed by atoms with E-state index in [-0.39, 0.29) is 6.09 Å². The molecule has 0 radical (unpaired) electrons. The van der Waals surface area contributed by atoms with Crippen LogP contribution < -0.4 is 5.32 Å². The fourth-order valence-corrected chi connectivity index (χ4v) is 1.91. The molecule has 4 heteroatoms. The highest BCUT2D eigenvalue weighted by Crippen LogP contribution is 2.15. The van der Waals surface area contributed by atoms with Crippen molar-refractivity contribution in [1.82, 2.24) is 10.2 Å². The van der Waals surface area contributed by atoms with Gasteiger partial charge in [-0.05, 0) is 40.5 Å². The molecule has 1 fully saturated rings. The number of likely N-dealkylation sites (tertiary alicyclic amines) is 1. The second kappa shape index (κ2) is 5.71. The van der Waals surface area contributed by atoms with Crippen LogP contribution in [0.1, 0.15) is 47.5 Å². The number of nitrogens with one attached hydrogen (secondary N) is 1. The second-order valence-electron chi connectivity index (χ2n) is 5.89. The average Bonchev–Trinajstić information content (AvgIpc) is 2.63. The summed E-state index contributed by atoms with van der Waals surface area (Å²) < 4.78 is 5.36. The number of carbonyl (C=O) groups excluding carboxylic acids is 1. The van der Waals surface area contributed by atoms with Gasteiger partial charge in [0.1, 0.15) is 5.60 Å². The van der Waals surface area contributed by atoms with Gasteiger partial charge in [0.25, 0.3) is 0 Å². The Morgan fingerprint density at radius 3 is 2.71 bits per heavy atom. The quantitative estimate of drug-likeness (QED) is 0.826. The monoisotopic (exact) mass is 242 g/mol. The third-order valence-electron chi connectivity index (χ3n) is 2.97. The van der Waals surface area contributed by atoms with Crippen LogP contribution in [0.15, 0.2) is 0 Å². The Hall–Kier alpha value is -0.770. The molecule has 2 unspecified atom stereocenters. The molecular formula is C13H26N2O2.